The van der Waals surface area contributed by atoms with E-state index >= 15 is 0 Å². The topological polar surface area (TPSA) is 40.6 Å². The van der Waals surface area contributed by atoms with E-state index in [9.17, 15) is 9.59 Å². The Bertz CT molecular complexity index is 566. The van der Waals surface area contributed by atoms with Crippen LogP contribution in [0.25, 0.3) is 0 Å². The summed E-state index contributed by atoms with van der Waals surface area (Å²) in [7, 11) is 0. The molecule has 0 N–H and O–H groups in total. The zero-order valence-electron chi connectivity index (χ0n) is 16.1. The van der Waals surface area contributed by atoms with Crippen molar-refractivity contribution in [3.05, 3.63) is 11.6 Å². The number of nitrogens with zero attached hydrogens (tertiary/aromatic N) is 2. The van der Waals surface area contributed by atoms with E-state index in [2.05, 4.69) is 15.9 Å². The number of likely N-dealkylation sites (tertiary alicyclic amines) is 2. The van der Waals surface area contributed by atoms with Gasteiger partial charge in [-0.2, -0.15) is 0 Å². The molecule has 26 heavy (non-hydrogen) atoms. The summed E-state index contributed by atoms with van der Waals surface area (Å²) in [6.07, 6.45) is 15.6. The summed E-state index contributed by atoms with van der Waals surface area (Å²) in [6, 6.07) is 0.368. The molecule has 2 saturated heterocycles. The molecule has 144 valence electrons. The van der Waals surface area contributed by atoms with Gasteiger partial charge in [0.2, 0.25) is 11.8 Å². The van der Waals surface area contributed by atoms with Crippen LogP contribution >= 0.6 is 0 Å². The van der Waals surface area contributed by atoms with Crippen LogP contribution in [0.15, 0.2) is 11.6 Å². The van der Waals surface area contributed by atoms with Crippen LogP contribution < -0.4 is 0 Å². The maximum Gasteiger partial charge on any atom is 0.222 e. The van der Waals surface area contributed by atoms with Crippen LogP contribution in [0.2, 0.25) is 0 Å². The molecule has 2 atom stereocenters. The number of fused-ring (bicyclic) bond motifs is 1. The molecular weight excluding hydrogens is 324 g/mol. The highest BCUT2D eigenvalue weighted by Gasteiger charge is 2.40. The molecule has 0 bridgehead atoms. The Balaban J connectivity index is 1.31. The Hall–Kier alpha value is -1.32. The van der Waals surface area contributed by atoms with E-state index in [0.717, 1.165) is 57.7 Å². The fourth-order valence-corrected chi connectivity index (χ4v) is 5.16. The molecule has 2 aliphatic heterocycles. The Morgan fingerprint density at radius 2 is 2.00 bits per heavy atom. The molecule has 2 aliphatic carbocycles. The molecule has 4 aliphatic rings. The minimum absolute atomic E-state index is 0.344. The largest absolute Gasteiger partial charge is 0.342 e. The van der Waals surface area contributed by atoms with Crippen molar-refractivity contribution in [2.75, 3.05) is 19.6 Å². The van der Waals surface area contributed by atoms with Gasteiger partial charge < -0.3 is 9.80 Å². The molecule has 4 heteroatoms. The molecule has 0 aromatic rings. The van der Waals surface area contributed by atoms with Gasteiger partial charge in [-0.3, -0.25) is 9.59 Å². The normalized spacial score (nSPS) is 29.4. The van der Waals surface area contributed by atoms with Gasteiger partial charge in [0.05, 0.1) is 0 Å². The maximum absolute atomic E-state index is 12.5. The average Bonchev–Trinajstić information content (AvgIpc) is 3.50. The number of amides is 2. The molecule has 4 nitrogen and oxygen atoms in total. The zero-order chi connectivity index (χ0) is 17.9. The van der Waals surface area contributed by atoms with Crippen molar-refractivity contribution in [1.29, 1.82) is 0 Å². The first-order valence-electron chi connectivity index (χ1n) is 11.0. The molecule has 0 spiro atoms. The summed E-state index contributed by atoms with van der Waals surface area (Å²) in [6.45, 7) is 2.61. The predicted octanol–water partition coefficient (Wildman–Crippen LogP) is 3.91. The Morgan fingerprint density at radius 3 is 2.77 bits per heavy atom. The van der Waals surface area contributed by atoms with Crippen molar-refractivity contribution in [1.82, 2.24) is 9.80 Å². The van der Waals surface area contributed by atoms with Crippen LogP contribution in [0.5, 0.6) is 0 Å². The van der Waals surface area contributed by atoms with E-state index in [4.69, 9.17) is 0 Å². The van der Waals surface area contributed by atoms with Crippen LogP contribution in [0.3, 0.4) is 0 Å². The quantitative estimate of drug-likeness (QED) is 0.676. The first kappa shape index (κ1) is 18.1. The molecular formula is C22H34N2O2. The highest BCUT2D eigenvalue weighted by Crippen LogP contribution is 2.35. The summed E-state index contributed by atoms with van der Waals surface area (Å²) in [5.74, 6) is 2.02. The van der Waals surface area contributed by atoms with Gasteiger partial charge >= 0.3 is 0 Å². The molecule has 1 saturated carbocycles. The molecule has 3 fully saturated rings. The zero-order valence-corrected chi connectivity index (χ0v) is 16.1. The number of rotatable bonds is 6. The highest BCUT2D eigenvalue weighted by atomic mass is 16.2. The summed E-state index contributed by atoms with van der Waals surface area (Å²) < 4.78 is 0. The number of hydrogen-bond donors (Lipinski definition) is 0. The highest BCUT2D eigenvalue weighted by molar-refractivity contribution is 5.78. The number of carbonyl (C=O) groups excluding carboxylic acids is 2. The number of piperidine rings is 2. The van der Waals surface area contributed by atoms with Crippen LogP contribution in [-0.4, -0.2) is 47.3 Å². The van der Waals surface area contributed by atoms with Crippen LogP contribution in [0, 0.1) is 11.8 Å². The third kappa shape index (κ3) is 4.32. The van der Waals surface area contributed by atoms with E-state index in [1.807, 2.05) is 0 Å². The van der Waals surface area contributed by atoms with Crippen LogP contribution in [-0.2, 0) is 9.59 Å². The van der Waals surface area contributed by atoms with Gasteiger partial charge in [0.1, 0.15) is 0 Å². The van der Waals surface area contributed by atoms with Gasteiger partial charge in [0, 0.05) is 38.5 Å². The van der Waals surface area contributed by atoms with E-state index in [1.165, 1.54) is 38.5 Å². The Labute approximate surface area is 158 Å². The van der Waals surface area contributed by atoms with Crippen molar-refractivity contribution in [3.8, 4) is 0 Å². The van der Waals surface area contributed by atoms with Crippen molar-refractivity contribution in [3.63, 3.8) is 0 Å². The minimum Gasteiger partial charge on any atom is -0.342 e. The number of allylic oxidation sites excluding steroid dienone is 1. The standard InChI is InChI=1S/C22H34N2O2/c25-21(10-8-18-6-7-18)23-14-13-20-19(16-23)9-11-22(26)24(20)15-12-17-4-2-1-3-5-17/h4,18-20H,1-3,5-16H2/t19-,20+/m0/s1. The third-order valence-electron chi connectivity index (χ3n) is 7.02. The molecule has 0 unspecified atom stereocenters. The second-order valence-corrected chi connectivity index (χ2v) is 8.92. The average molecular weight is 359 g/mol. The van der Waals surface area contributed by atoms with Gasteiger partial charge in [-0.05, 0) is 63.2 Å². The molecule has 2 amide bonds. The van der Waals surface area contributed by atoms with Gasteiger partial charge in [0.15, 0.2) is 0 Å². The monoisotopic (exact) mass is 358 g/mol. The first-order chi connectivity index (χ1) is 12.7. The van der Waals surface area contributed by atoms with E-state index in [0.29, 0.717) is 30.2 Å². The lowest BCUT2D eigenvalue weighted by molar-refractivity contribution is -0.144. The van der Waals surface area contributed by atoms with Crippen LogP contribution in [0.1, 0.15) is 77.0 Å². The first-order valence-corrected chi connectivity index (χ1v) is 11.0. The lowest BCUT2D eigenvalue weighted by Gasteiger charge is -2.47. The smallest absolute Gasteiger partial charge is 0.222 e. The molecule has 4 rings (SSSR count). The fraction of sp³-hybridized carbons (Fsp3) is 0.818. The van der Waals surface area contributed by atoms with E-state index in [-0.39, 0.29) is 0 Å². The van der Waals surface area contributed by atoms with Gasteiger partial charge in [0.25, 0.3) is 0 Å². The molecule has 0 aromatic carbocycles. The molecule has 0 radical (unpaired) electrons. The Morgan fingerprint density at radius 1 is 1.12 bits per heavy atom. The van der Waals surface area contributed by atoms with Crippen molar-refractivity contribution in [2.24, 2.45) is 11.8 Å². The van der Waals surface area contributed by atoms with Gasteiger partial charge in [-0.25, -0.2) is 0 Å². The third-order valence-corrected chi connectivity index (χ3v) is 7.02. The maximum atomic E-state index is 12.5. The van der Waals surface area contributed by atoms with E-state index in [1.54, 1.807) is 5.57 Å². The number of hydrogen-bond acceptors (Lipinski definition) is 2. The summed E-state index contributed by atoms with van der Waals surface area (Å²) in [5.41, 5.74) is 1.55. The van der Waals surface area contributed by atoms with Crippen molar-refractivity contribution in [2.45, 2.75) is 83.1 Å². The Kier molecular flexibility index (Phi) is 5.66. The molecule has 0 aromatic heterocycles. The summed E-state index contributed by atoms with van der Waals surface area (Å²) in [4.78, 5) is 29.3. The predicted molar refractivity (Wildman–Crippen MR) is 103 cm³/mol. The van der Waals surface area contributed by atoms with Crippen LogP contribution in [0.4, 0.5) is 0 Å². The van der Waals surface area contributed by atoms with Gasteiger partial charge in [-0.1, -0.05) is 24.5 Å². The number of carbonyl (C=O) groups is 2. The second kappa shape index (κ2) is 8.14. The lowest BCUT2D eigenvalue weighted by Crippen LogP contribution is -2.57. The van der Waals surface area contributed by atoms with E-state index < -0.39 is 0 Å². The summed E-state index contributed by atoms with van der Waals surface area (Å²) in [5, 5.41) is 0. The second-order valence-electron chi connectivity index (χ2n) is 8.92. The minimum atomic E-state index is 0.344. The summed E-state index contributed by atoms with van der Waals surface area (Å²) >= 11 is 0. The van der Waals surface area contributed by atoms with Crippen molar-refractivity contribution < 1.29 is 9.59 Å². The SMILES string of the molecule is O=C(CCC1CC1)N1CC[C@@H]2[C@@H](CCC(=O)N2CCC2=CCCCC2)C1. The van der Waals surface area contributed by atoms with Crippen molar-refractivity contribution >= 4 is 11.8 Å². The van der Waals surface area contributed by atoms with Gasteiger partial charge in [-0.15, -0.1) is 0 Å². The molecule has 2 heterocycles. The fourth-order valence-electron chi connectivity index (χ4n) is 5.16. The lowest BCUT2D eigenvalue weighted by atomic mass is 9.83.